The summed E-state index contributed by atoms with van der Waals surface area (Å²) in [4.78, 5) is 0. The molecule has 0 aliphatic heterocycles. The van der Waals surface area contributed by atoms with Gasteiger partial charge in [0.05, 0.1) is 27.2 Å². The maximum atomic E-state index is 2.40. The maximum absolute atomic E-state index is 2.40. The third kappa shape index (κ3) is 11.3. The number of quaternary nitrogens is 1. The van der Waals surface area contributed by atoms with Crippen molar-refractivity contribution in [1.29, 1.82) is 0 Å². The zero-order chi connectivity index (χ0) is 15.4. The average molecular weight is 370 g/mol. The van der Waals surface area contributed by atoms with Crippen molar-refractivity contribution in [2.24, 2.45) is 0 Å². The van der Waals surface area contributed by atoms with Gasteiger partial charge in [-0.15, -0.1) is 0 Å². The third-order valence-corrected chi connectivity index (χ3v) is 4.44. The van der Waals surface area contributed by atoms with Gasteiger partial charge < -0.3 is 21.5 Å². The summed E-state index contributed by atoms with van der Waals surface area (Å²) in [6.45, 7) is 4.95. The highest BCUT2D eigenvalue weighted by Gasteiger charge is 2.13. The molecule has 0 saturated carbocycles. The van der Waals surface area contributed by atoms with Crippen LogP contribution >= 0.6 is 0 Å². The van der Waals surface area contributed by atoms with Crippen LogP contribution < -0.4 is 17.0 Å². The zero-order valence-corrected chi connectivity index (χ0v) is 16.6. The van der Waals surface area contributed by atoms with Crippen LogP contribution in [0.1, 0.15) is 63.9 Å². The predicted molar refractivity (Wildman–Crippen MR) is 94.6 cm³/mol. The lowest BCUT2D eigenvalue weighted by Crippen LogP contribution is -3.00. The number of aryl methyl sites for hydroxylation is 1. The highest BCUT2D eigenvalue weighted by molar-refractivity contribution is 5.14. The van der Waals surface area contributed by atoms with E-state index in [1.54, 1.807) is 0 Å². The molecule has 1 aromatic rings. The summed E-state index contributed by atoms with van der Waals surface area (Å²) in [6, 6.07) is 10.9. The molecule has 0 heterocycles. The average Bonchev–Trinajstić information content (AvgIpc) is 2.48. The molecule has 1 nitrogen and oxygen atoms in total. The quantitative estimate of drug-likeness (QED) is 0.392. The summed E-state index contributed by atoms with van der Waals surface area (Å²) in [7, 11) is 4.79. The van der Waals surface area contributed by atoms with Crippen molar-refractivity contribution in [2.45, 2.75) is 64.7 Å². The molecule has 0 atom stereocenters. The van der Waals surface area contributed by atoms with Crippen LogP contribution in [0.2, 0.25) is 0 Å². The summed E-state index contributed by atoms with van der Waals surface area (Å²) < 4.78 is 1.20. The van der Waals surface area contributed by atoms with Gasteiger partial charge in [0.25, 0.3) is 0 Å². The van der Waals surface area contributed by atoms with Gasteiger partial charge in [0.15, 0.2) is 0 Å². The van der Waals surface area contributed by atoms with Crippen molar-refractivity contribution in [3.8, 4) is 0 Å². The molecular weight excluding hydrogens is 334 g/mol. The lowest BCUT2D eigenvalue weighted by molar-refractivity contribution is -0.890. The summed E-state index contributed by atoms with van der Waals surface area (Å²) >= 11 is 0. The second-order valence-corrected chi connectivity index (χ2v) is 7.09. The topological polar surface area (TPSA) is 0 Å². The second kappa shape index (κ2) is 13.1. The van der Waals surface area contributed by atoms with Crippen molar-refractivity contribution in [3.05, 3.63) is 35.9 Å². The number of nitrogens with zero attached hydrogens (tertiary/aromatic N) is 1. The Morgan fingerprint density at radius 1 is 0.727 bits per heavy atom. The largest absolute Gasteiger partial charge is 1.00 e. The smallest absolute Gasteiger partial charge is 0.0782 e. The summed E-state index contributed by atoms with van der Waals surface area (Å²) in [5.74, 6) is 0. The second-order valence-electron chi connectivity index (χ2n) is 7.09. The monoisotopic (exact) mass is 369 g/mol. The van der Waals surface area contributed by atoms with E-state index in [-0.39, 0.29) is 17.0 Å². The van der Waals surface area contributed by atoms with E-state index in [0.717, 1.165) is 0 Å². The lowest BCUT2D eigenvalue weighted by atomic mass is 10.1. The van der Waals surface area contributed by atoms with Crippen LogP contribution in [0.15, 0.2) is 30.3 Å². The molecule has 22 heavy (non-hydrogen) atoms. The summed E-state index contributed by atoms with van der Waals surface area (Å²) in [6.07, 6.45) is 12.3. The number of hydrogen-bond acceptors (Lipinski definition) is 0. The Balaban J connectivity index is 0.00000441. The number of halogens is 1. The number of hydrogen-bond donors (Lipinski definition) is 0. The van der Waals surface area contributed by atoms with Gasteiger partial charge in [-0.2, -0.15) is 0 Å². The molecule has 0 amide bonds. The van der Waals surface area contributed by atoms with Gasteiger partial charge in [-0.25, -0.2) is 0 Å². The summed E-state index contributed by atoms with van der Waals surface area (Å²) in [5, 5.41) is 0. The molecule has 0 fully saturated rings. The molecule has 0 aliphatic carbocycles. The van der Waals surface area contributed by atoms with E-state index in [2.05, 4.69) is 51.4 Å². The Bertz CT molecular complexity index is 348. The van der Waals surface area contributed by atoms with Gasteiger partial charge in [-0.1, -0.05) is 62.9 Å². The molecule has 0 radical (unpaired) electrons. The molecule has 2 heteroatoms. The highest BCUT2D eigenvalue weighted by Crippen LogP contribution is 2.11. The number of unbranched alkanes of at least 4 members (excludes halogenated alkanes) is 6. The minimum Gasteiger partial charge on any atom is -1.00 e. The fourth-order valence-electron chi connectivity index (χ4n) is 2.95. The lowest BCUT2D eigenvalue weighted by Gasteiger charge is -2.30. The minimum atomic E-state index is 0. The van der Waals surface area contributed by atoms with Gasteiger partial charge in [-0.05, 0) is 37.7 Å². The summed E-state index contributed by atoms with van der Waals surface area (Å²) in [5.41, 5.74) is 1.48. The van der Waals surface area contributed by atoms with Gasteiger partial charge in [-0.3, -0.25) is 0 Å². The fraction of sp³-hybridized carbons (Fsp3) is 0.700. The molecule has 1 rings (SSSR count). The van der Waals surface area contributed by atoms with Crippen molar-refractivity contribution in [2.75, 3.05) is 27.2 Å². The Morgan fingerprint density at radius 3 is 1.91 bits per heavy atom. The zero-order valence-electron chi connectivity index (χ0n) is 15.0. The molecule has 0 aromatic heterocycles. The first-order valence-corrected chi connectivity index (χ1v) is 9.00. The Morgan fingerprint density at radius 2 is 1.27 bits per heavy atom. The van der Waals surface area contributed by atoms with Gasteiger partial charge >= 0.3 is 0 Å². The van der Waals surface area contributed by atoms with Crippen molar-refractivity contribution >= 4 is 0 Å². The van der Waals surface area contributed by atoms with Gasteiger partial charge in [0.2, 0.25) is 0 Å². The van der Waals surface area contributed by atoms with E-state index in [1.165, 1.54) is 80.9 Å². The molecule has 0 saturated heterocycles. The normalized spacial score (nSPS) is 11.2. The maximum Gasteiger partial charge on any atom is 0.0782 e. The highest BCUT2D eigenvalue weighted by atomic mass is 79.9. The SMILES string of the molecule is CCCCCCCC[N+](C)(C)CCCCc1ccccc1.[Br-]. The Hall–Kier alpha value is -0.340. The third-order valence-electron chi connectivity index (χ3n) is 4.44. The fourth-order valence-corrected chi connectivity index (χ4v) is 2.95. The Labute approximate surface area is 149 Å². The Kier molecular flexibility index (Phi) is 12.9. The van der Waals surface area contributed by atoms with E-state index < -0.39 is 0 Å². The van der Waals surface area contributed by atoms with E-state index in [1.807, 2.05) is 0 Å². The molecule has 1 aromatic carbocycles. The van der Waals surface area contributed by atoms with E-state index >= 15 is 0 Å². The predicted octanol–water partition coefficient (Wildman–Crippen LogP) is 2.45. The minimum absolute atomic E-state index is 0. The van der Waals surface area contributed by atoms with Crippen LogP contribution in [-0.4, -0.2) is 31.7 Å². The van der Waals surface area contributed by atoms with Crippen LogP contribution in [0, 0.1) is 0 Å². The first-order chi connectivity index (χ1) is 10.1. The number of benzene rings is 1. The van der Waals surface area contributed by atoms with Crippen LogP contribution in [-0.2, 0) is 6.42 Å². The van der Waals surface area contributed by atoms with Crippen LogP contribution in [0.25, 0.3) is 0 Å². The van der Waals surface area contributed by atoms with Crippen LogP contribution in [0.4, 0.5) is 0 Å². The van der Waals surface area contributed by atoms with Crippen LogP contribution in [0.5, 0.6) is 0 Å². The van der Waals surface area contributed by atoms with E-state index in [4.69, 9.17) is 0 Å². The molecule has 128 valence electrons. The standard InChI is InChI=1S/C20H36N.BrH/c1-4-5-6-7-8-13-18-21(2,3)19-14-12-17-20-15-10-9-11-16-20;/h9-11,15-16H,4-8,12-14,17-19H2,1-3H3;1H/q+1;/p-1. The van der Waals surface area contributed by atoms with Crippen LogP contribution in [0.3, 0.4) is 0 Å². The molecule has 0 aliphatic rings. The van der Waals surface area contributed by atoms with Gasteiger partial charge in [0, 0.05) is 0 Å². The molecule has 0 N–H and O–H groups in total. The molecule has 0 bridgehead atoms. The van der Waals surface area contributed by atoms with Gasteiger partial charge in [0.1, 0.15) is 0 Å². The molecule has 0 unspecified atom stereocenters. The van der Waals surface area contributed by atoms with Crippen molar-refractivity contribution < 1.29 is 21.5 Å². The molecule has 0 spiro atoms. The number of rotatable bonds is 12. The van der Waals surface area contributed by atoms with E-state index in [0.29, 0.717) is 0 Å². The van der Waals surface area contributed by atoms with Crippen molar-refractivity contribution in [3.63, 3.8) is 0 Å². The van der Waals surface area contributed by atoms with E-state index in [9.17, 15) is 0 Å². The first-order valence-electron chi connectivity index (χ1n) is 9.00. The molecular formula is C20H36BrN. The first kappa shape index (κ1) is 21.7. The van der Waals surface area contributed by atoms with Crippen molar-refractivity contribution in [1.82, 2.24) is 0 Å².